The maximum Gasteiger partial charge on any atom is 0.176 e. The number of nitrogens with zero attached hydrogens (tertiary/aromatic N) is 1. The van der Waals surface area contributed by atoms with E-state index in [2.05, 4.69) is 27.8 Å². The van der Waals surface area contributed by atoms with E-state index in [4.69, 9.17) is 4.74 Å². The van der Waals surface area contributed by atoms with E-state index in [0.717, 1.165) is 36.0 Å². The van der Waals surface area contributed by atoms with Gasteiger partial charge in [-0.2, -0.15) is 0 Å². The first-order valence-electron chi connectivity index (χ1n) is 6.59. The standard InChI is InChI=1S/C15H20BrNO2/c1-15(19-2)8-3-9-17(11-15)10-14(18)12-4-6-13(16)7-5-12/h4-7H,3,8-11H2,1-2H3. The zero-order valence-corrected chi connectivity index (χ0v) is 13.1. The average molecular weight is 326 g/mol. The summed E-state index contributed by atoms with van der Waals surface area (Å²) in [6, 6.07) is 7.54. The Bertz CT molecular complexity index is 446. The molecular weight excluding hydrogens is 306 g/mol. The second kappa shape index (κ2) is 6.16. The third kappa shape index (κ3) is 3.88. The maximum absolute atomic E-state index is 12.2. The van der Waals surface area contributed by atoms with E-state index < -0.39 is 0 Å². The van der Waals surface area contributed by atoms with Crippen molar-refractivity contribution >= 4 is 21.7 Å². The Labute approximate surface area is 123 Å². The van der Waals surface area contributed by atoms with Crippen molar-refractivity contribution in [2.45, 2.75) is 25.4 Å². The van der Waals surface area contributed by atoms with E-state index in [1.165, 1.54) is 0 Å². The highest BCUT2D eigenvalue weighted by Gasteiger charge is 2.31. The Hall–Kier alpha value is -0.710. The minimum absolute atomic E-state index is 0.113. The van der Waals surface area contributed by atoms with E-state index in [1.807, 2.05) is 24.3 Å². The summed E-state index contributed by atoms with van der Waals surface area (Å²) >= 11 is 3.38. The molecule has 1 aromatic carbocycles. The molecule has 4 heteroatoms. The number of benzene rings is 1. The van der Waals surface area contributed by atoms with Gasteiger partial charge in [0.2, 0.25) is 0 Å². The first kappa shape index (κ1) is 14.7. The fourth-order valence-corrected chi connectivity index (χ4v) is 2.80. The van der Waals surface area contributed by atoms with Crippen LogP contribution >= 0.6 is 15.9 Å². The summed E-state index contributed by atoms with van der Waals surface area (Å²) in [6.07, 6.45) is 2.14. The van der Waals surface area contributed by atoms with Gasteiger partial charge >= 0.3 is 0 Å². The van der Waals surface area contributed by atoms with E-state index in [-0.39, 0.29) is 11.4 Å². The summed E-state index contributed by atoms with van der Waals surface area (Å²) in [5.74, 6) is 0.174. The molecule has 2 rings (SSSR count). The number of halogens is 1. The second-order valence-corrected chi connectivity index (χ2v) is 6.31. The first-order chi connectivity index (χ1) is 9.02. The molecule has 1 fully saturated rings. The maximum atomic E-state index is 12.2. The molecule has 1 heterocycles. The van der Waals surface area contributed by atoms with Crippen molar-refractivity contribution in [1.29, 1.82) is 0 Å². The lowest BCUT2D eigenvalue weighted by Crippen LogP contribution is -2.48. The molecule has 0 aromatic heterocycles. The van der Waals surface area contributed by atoms with Crippen LogP contribution in [0, 0.1) is 0 Å². The van der Waals surface area contributed by atoms with Crippen LogP contribution in [0.15, 0.2) is 28.7 Å². The van der Waals surface area contributed by atoms with Gasteiger partial charge in [-0.25, -0.2) is 0 Å². The molecule has 0 aliphatic carbocycles. The Kier molecular flexibility index (Phi) is 4.76. The minimum Gasteiger partial charge on any atom is -0.377 e. The Balaban J connectivity index is 1.97. The van der Waals surface area contributed by atoms with Gasteiger partial charge in [0, 0.05) is 23.7 Å². The van der Waals surface area contributed by atoms with E-state index in [1.54, 1.807) is 7.11 Å². The zero-order valence-electron chi connectivity index (χ0n) is 11.5. The van der Waals surface area contributed by atoms with Crippen molar-refractivity contribution in [2.24, 2.45) is 0 Å². The quantitative estimate of drug-likeness (QED) is 0.796. The van der Waals surface area contributed by atoms with Crippen LogP contribution in [0.4, 0.5) is 0 Å². The van der Waals surface area contributed by atoms with Crippen molar-refractivity contribution < 1.29 is 9.53 Å². The zero-order chi connectivity index (χ0) is 13.9. The number of carbonyl (C=O) groups excluding carboxylic acids is 1. The van der Waals surface area contributed by atoms with Crippen LogP contribution in [0.3, 0.4) is 0 Å². The second-order valence-electron chi connectivity index (χ2n) is 5.40. The van der Waals surface area contributed by atoms with E-state index in [0.29, 0.717) is 6.54 Å². The SMILES string of the molecule is COC1(C)CCCN(CC(=O)c2ccc(Br)cc2)C1. The highest BCUT2D eigenvalue weighted by atomic mass is 79.9. The molecule has 1 atom stereocenters. The summed E-state index contributed by atoms with van der Waals surface area (Å²) in [5.41, 5.74) is 0.658. The topological polar surface area (TPSA) is 29.5 Å². The Morgan fingerprint density at radius 2 is 2.11 bits per heavy atom. The van der Waals surface area contributed by atoms with Gasteiger partial charge in [-0.05, 0) is 38.4 Å². The molecule has 0 spiro atoms. The van der Waals surface area contributed by atoms with Gasteiger partial charge in [0.15, 0.2) is 5.78 Å². The van der Waals surface area contributed by atoms with Crippen LogP contribution in [0.1, 0.15) is 30.1 Å². The molecule has 0 N–H and O–H groups in total. The van der Waals surface area contributed by atoms with Gasteiger partial charge in [0.25, 0.3) is 0 Å². The van der Waals surface area contributed by atoms with Crippen molar-refractivity contribution in [3.63, 3.8) is 0 Å². The predicted molar refractivity (Wildman–Crippen MR) is 79.6 cm³/mol. The lowest BCUT2D eigenvalue weighted by atomic mass is 9.94. The molecule has 1 unspecified atom stereocenters. The highest BCUT2D eigenvalue weighted by Crippen LogP contribution is 2.24. The van der Waals surface area contributed by atoms with Crippen LogP contribution in [-0.2, 0) is 4.74 Å². The number of piperidine rings is 1. The van der Waals surface area contributed by atoms with Gasteiger partial charge in [-0.1, -0.05) is 28.1 Å². The molecule has 19 heavy (non-hydrogen) atoms. The minimum atomic E-state index is -0.113. The molecule has 0 radical (unpaired) electrons. The number of Topliss-reactive ketones (excluding diaryl/α,β-unsaturated/α-hetero) is 1. The number of carbonyl (C=O) groups is 1. The van der Waals surface area contributed by atoms with Gasteiger partial charge in [-0.15, -0.1) is 0 Å². The van der Waals surface area contributed by atoms with Crippen LogP contribution in [0.25, 0.3) is 0 Å². The predicted octanol–water partition coefficient (Wildman–Crippen LogP) is 3.13. The molecule has 0 amide bonds. The molecule has 3 nitrogen and oxygen atoms in total. The van der Waals surface area contributed by atoms with Gasteiger partial charge in [0.05, 0.1) is 12.1 Å². The Morgan fingerprint density at radius 1 is 1.42 bits per heavy atom. The average Bonchev–Trinajstić information content (AvgIpc) is 2.39. The van der Waals surface area contributed by atoms with Crippen molar-refractivity contribution in [3.8, 4) is 0 Å². The molecule has 1 saturated heterocycles. The van der Waals surface area contributed by atoms with Gasteiger partial charge < -0.3 is 4.74 Å². The normalized spacial score (nSPS) is 24.4. The molecule has 1 aromatic rings. The highest BCUT2D eigenvalue weighted by molar-refractivity contribution is 9.10. The third-order valence-corrected chi connectivity index (χ3v) is 4.29. The fraction of sp³-hybridized carbons (Fsp3) is 0.533. The van der Waals surface area contributed by atoms with Crippen LogP contribution in [0.5, 0.6) is 0 Å². The van der Waals surface area contributed by atoms with Crippen molar-refractivity contribution in [1.82, 2.24) is 4.90 Å². The van der Waals surface area contributed by atoms with E-state index in [9.17, 15) is 4.79 Å². The van der Waals surface area contributed by atoms with Gasteiger partial charge in [-0.3, -0.25) is 9.69 Å². The smallest absolute Gasteiger partial charge is 0.176 e. The monoisotopic (exact) mass is 325 g/mol. The summed E-state index contributed by atoms with van der Waals surface area (Å²) in [7, 11) is 1.75. The van der Waals surface area contributed by atoms with Crippen molar-refractivity contribution in [2.75, 3.05) is 26.7 Å². The summed E-state index contributed by atoms with van der Waals surface area (Å²) in [5, 5.41) is 0. The van der Waals surface area contributed by atoms with Gasteiger partial charge in [0.1, 0.15) is 0 Å². The molecule has 104 valence electrons. The summed E-state index contributed by atoms with van der Waals surface area (Å²) in [6.45, 7) is 4.39. The number of likely N-dealkylation sites (tertiary alicyclic amines) is 1. The third-order valence-electron chi connectivity index (χ3n) is 3.76. The molecule has 0 saturated carbocycles. The molecule has 1 aliphatic heterocycles. The number of hydrogen-bond donors (Lipinski definition) is 0. The number of hydrogen-bond acceptors (Lipinski definition) is 3. The molecular formula is C15H20BrNO2. The van der Waals surface area contributed by atoms with Crippen LogP contribution in [0.2, 0.25) is 0 Å². The van der Waals surface area contributed by atoms with Crippen molar-refractivity contribution in [3.05, 3.63) is 34.3 Å². The molecule has 0 bridgehead atoms. The first-order valence-corrected chi connectivity index (χ1v) is 7.38. The summed E-state index contributed by atoms with van der Waals surface area (Å²) in [4.78, 5) is 14.4. The Morgan fingerprint density at radius 3 is 2.74 bits per heavy atom. The number of ether oxygens (including phenoxy) is 1. The van der Waals surface area contributed by atoms with E-state index >= 15 is 0 Å². The lowest BCUT2D eigenvalue weighted by molar-refractivity contribution is -0.0485. The number of methoxy groups -OCH3 is 1. The fourth-order valence-electron chi connectivity index (χ4n) is 2.54. The molecule has 1 aliphatic rings. The van der Waals surface area contributed by atoms with Crippen LogP contribution < -0.4 is 0 Å². The van der Waals surface area contributed by atoms with Crippen LogP contribution in [-0.4, -0.2) is 43.0 Å². The largest absolute Gasteiger partial charge is 0.377 e. The lowest BCUT2D eigenvalue weighted by Gasteiger charge is -2.39. The summed E-state index contributed by atoms with van der Waals surface area (Å²) < 4.78 is 6.55. The number of ketones is 1. The number of rotatable bonds is 4.